The second kappa shape index (κ2) is 4.44. The molecule has 16 heavy (non-hydrogen) atoms. The molecule has 0 heterocycles. The molecule has 0 bridgehead atoms. The van der Waals surface area contributed by atoms with Crippen molar-refractivity contribution in [1.82, 2.24) is 5.32 Å². The highest BCUT2D eigenvalue weighted by molar-refractivity contribution is 5.39. The summed E-state index contributed by atoms with van der Waals surface area (Å²) in [4.78, 5) is 0. The first-order chi connectivity index (χ1) is 7.73. The quantitative estimate of drug-likeness (QED) is 0.802. The molecule has 0 fully saturated rings. The summed E-state index contributed by atoms with van der Waals surface area (Å²) in [6.07, 6.45) is 3.20. The monoisotopic (exact) mass is 220 g/mol. The predicted molar refractivity (Wildman–Crippen MR) is 65.9 cm³/mol. The van der Waals surface area contributed by atoms with E-state index in [0.29, 0.717) is 6.54 Å². The van der Waals surface area contributed by atoms with E-state index < -0.39 is 0 Å². The third-order valence-electron chi connectivity index (χ3n) is 3.74. The molecule has 3 nitrogen and oxygen atoms in total. The van der Waals surface area contributed by atoms with E-state index in [1.807, 2.05) is 13.1 Å². The Morgan fingerprint density at radius 1 is 1.44 bits per heavy atom. The lowest BCUT2D eigenvalue weighted by molar-refractivity contribution is 0.315. The average Bonchev–Trinajstić information content (AvgIpc) is 2.37. The normalized spacial score (nSPS) is 23.9. The van der Waals surface area contributed by atoms with Gasteiger partial charge in [0.1, 0.15) is 5.75 Å². The molecule has 0 saturated carbocycles. The van der Waals surface area contributed by atoms with E-state index in [2.05, 4.69) is 17.4 Å². The fourth-order valence-electron chi connectivity index (χ4n) is 2.45. The number of rotatable bonds is 3. The number of hydrogen-bond donors (Lipinski definition) is 2. The highest BCUT2D eigenvalue weighted by Crippen LogP contribution is 2.30. The van der Waals surface area contributed by atoms with Crippen molar-refractivity contribution in [2.24, 2.45) is 5.73 Å². The van der Waals surface area contributed by atoms with Crippen LogP contribution in [-0.2, 0) is 12.8 Å². The van der Waals surface area contributed by atoms with Crippen LogP contribution in [0.5, 0.6) is 5.75 Å². The molecule has 1 unspecified atom stereocenters. The Morgan fingerprint density at radius 3 is 2.88 bits per heavy atom. The smallest absolute Gasteiger partial charge is 0.119 e. The maximum absolute atomic E-state index is 5.88. The van der Waals surface area contributed by atoms with Crippen molar-refractivity contribution >= 4 is 0 Å². The van der Waals surface area contributed by atoms with Gasteiger partial charge < -0.3 is 15.8 Å². The molecule has 0 aromatic heterocycles. The summed E-state index contributed by atoms with van der Waals surface area (Å²) < 4.78 is 5.26. The van der Waals surface area contributed by atoms with Crippen LogP contribution in [0.1, 0.15) is 17.5 Å². The average molecular weight is 220 g/mol. The third kappa shape index (κ3) is 1.93. The van der Waals surface area contributed by atoms with Crippen LogP contribution in [0.3, 0.4) is 0 Å². The van der Waals surface area contributed by atoms with E-state index in [1.54, 1.807) is 7.11 Å². The summed E-state index contributed by atoms with van der Waals surface area (Å²) in [5.74, 6) is 0.933. The molecule has 1 aliphatic rings. The van der Waals surface area contributed by atoms with Crippen molar-refractivity contribution in [1.29, 1.82) is 0 Å². The van der Waals surface area contributed by atoms with Crippen molar-refractivity contribution in [3.63, 3.8) is 0 Å². The number of ether oxygens (including phenoxy) is 1. The van der Waals surface area contributed by atoms with Gasteiger partial charge in [-0.15, -0.1) is 0 Å². The molecule has 1 aromatic carbocycles. The molecule has 3 N–H and O–H groups in total. The van der Waals surface area contributed by atoms with Gasteiger partial charge in [-0.1, -0.05) is 6.07 Å². The maximum atomic E-state index is 5.88. The van der Waals surface area contributed by atoms with E-state index in [9.17, 15) is 0 Å². The fourth-order valence-corrected chi connectivity index (χ4v) is 2.45. The van der Waals surface area contributed by atoms with Gasteiger partial charge in [-0.25, -0.2) is 0 Å². The lowest BCUT2D eigenvalue weighted by Gasteiger charge is -2.37. The van der Waals surface area contributed by atoms with Gasteiger partial charge in [-0.3, -0.25) is 0 Å². The van der Waals surface area contributed by atoms with Crippen LogP contribution in [0.25, 0.3) is 0 Å². The number of fused-ring (bicyclic) bond motifs is 1. The zero-order chi connectivity index (χ0) is 11.6. The summed E-state index contributed by atoms with van der Waals surface area (Å²) in [6.45, 7) is 0.681. The molecule has 0 amide bonds. The Balaban J connectivity index is 2.30. The number of benzene rings is 1. The van der Waals surface area contributed by atoms with Crippen LogP contribution in [0, 0.1) is 0 Å². The first kappa shape index (κ1) is 11.4. The highest BCUT2D eigenvalue weighted by Gasteiger charge is 2.31. The Hall–Kier alpha value is -1.06. The Morgan fingerprint density at radius 2 is 2.25 bits per heavy atom. The van der Waals surface area contributed by atoms with Gasteiger partial charge in [-0.05, 0) is 49.6 Å². The van der Waals surface area contributed by atoms with E-state index in [-0.39, 0.29) is 5.54 Å². The number of aryl methyl sites for hydroxylation is 1. The first-order valence-electron chi connectivity index (χ1n) is 5.78. The highest BCUT2D eigenvalue weighted by atomic mass is 16.5. The molecule has 0 aliphatic heterocycles. The molecule has 88 valence electrons. The van der Waals surface area contributed by atoms with E-state index >= 15 is 0 Å². The molecular formula is C13H20N2O. The zero-order valence-corrected chi connectivity index (χ0v) is 10.0. The minimum atomic E-state index is 0.0688. The molecule has 0 radical (unpaired) electrons. The molecule has 0 spiro atoms. The number of nitrogens with two attached hydrogens (primary N) is 1. The van der Waals surface area contributed by atoms with Gasteiger partial charge in [-0.2, -0.15) is 0 Å². The summed E-state index contributed by atoms with van der Waals surface area (Å²) >= 11 is 0. The van der Waals surface area contributed by atoms with Crippen molar-refractivity contribution in [3.8, 4) is 5.75 Å². The van der Waals surface area contributed by atoms with Gasteiger partial charge in [0.05, 0.1) is 7.11 Å². The lowest BCUT2D eigenvalue weighted by atomic mass is 9.78. The minimum Gasteiger partial charge on any atom is -0.497 e. The summed E-state index contributed by atoms with van der Waals surface area (Å²) in [7, 11) is 3.71. The first-order valence-corrected chi connectivity index (χ1v) is 5.78. The van der Waals surface area contributed by atoms with E-state index in [1.165, 1.54) is 11.1 Å². The molecule has 1 aromatic rings. The second-order valence-electron chi connectivity index (χ2n) is 4.55. The fraction of sp³-hybridized carbons (Fsp3) is 0.538. The molecule has 3 heteroatoms. The standard InChI is InChI=1S/C13H20N2O/c1-15-13(9-14)6-5-10-3-4-12(16-2)7-11(10)8-13/h3-4,7,15H,5-6,8-9,14H2,1-2H3. The number of hydrogen-bond acceptors (Lipinski definition) is 3. The summed E-state index contributed by atoms with van der Waals surface area (Å²) in [6, 6.07) is 6.34. The zero-order valence-electron chi connectivity index (χ0n) is 10.0. The Kier molecular flexibility index (Phi) is 3.17. The van der Waals surface area contributed by atoms with Crippen molar-refractivity contribution in [3.05, 3.63) is 29.3 Å². The van der Waals surface area contributed by atoms with E-state index in [4.69, 9.17) is 10.5 Å². The minimum absolute atomic E-state index is 0.0688. The third-order valence-corrected chi connectivity index (χ3v) is 3.74. The Labute approximate surface area is 97.0 Å². The lowest BCUT2D eigenvalue weighted by Crippen LogP contribution is -2.53. The number of nitrogens with one attached hydrogen (secondary N) is 1. The maximum Gasteiger partial charge on any atom is 0.119 e. The molecular weight excluding hydrogens is 200 g/mol. The van der Waals surface area contributed by atoms with Crippen LogP contribution in [0.4, 0.5) is 0 Å². The number of methoxy groups -OCH3 is 1. The van der Waals surface area contributed by atoms with Crippen LogP contribution in [-0.4, -0.2) is 26.2 Å². The van der Waals surface area contributed by atoms with Gasteiger partial charge in [0, 0.05) is 12.1 Å². The van der Waals surface area contributed by atoms with Crippen LogP contribution < -0.4 is 15.8 Å². The molecule has 0 saturated heterocycles. The second-order valence-corrected chi connectivity index (χ2v) is 4.55. The predicted octanol–water partition coefficient (Wildman–Crippen LogP) is 1.10. The van der Waals surface area contributed by atoms with Crippen molar-refractivity contribution in [2.45, 2.75) is 24.8 Å². The largest absolute Gasteiger partial charge is 0.497 e. The van der Waals surface area contributed by atoms with Gasteiger partial charge in [0.15, 0.2) is 0 Å². The number of likely N-dealkylation sites (N-methyl/N-ethyl adjacent to an activating group) is 1. The van der Waals surface area contributed by atoms with Crippen LogP contribution >= 0.6 is 0 Å². The van der Waals surface area contributed by atoms with Crippen LogP contribution in [0.2, 0.25) is 0 Å². The van der Waals surface area contributed by atoms with Crippen molar-refractivity contribution in [2.75, 3.05) is 20.7 Å². The van der Waals surface area contributed by atoms with Gasteiger partial charge >= 0.3 is 0 Å². The van der Waals surface area contributed by atoms with Crippen molar-refractivity contribution < 1.29 is 4.74 Å². The Bertz CT molecular complexity index is 372. The molecule has 1 atom stereocenters. The van der Waals surface area contributed by atoms with E-state index in [0.717, 1.165) is 25.0 Å². The van der Waals surface area contributed by atoms with Crippen LogP contribution in [0.15, 0.2) is 18.2 Å². The molecule has 1 aliphatic carbocycles. The SMILES string of the molecule is CNC1(CN)CCc2ccc(OC)cc2C1. The van der Waals surface area contributed by atoms with Gasteiger partial charge in [0.2, 0.25) is 0 Å². The summed E-state index contributed by atoms with van der Waals surface area (Å²) in [5.41, 5.74) is 8.75. The summed E-state index contributed by atoms with van der Waals surface area (Å²) in [5, 5.41) is 3.38. The topological polar surface area (TPSA) is 47.3 Å². The van der Waals surface area contributed by atoms with Gasteiger partial charge in [0.25, 0.3) is 0 Å². The molecule has 2 rings (SSSR count).